The lowest BCUT2D eigenvalue weighted by atomic mass is 10.1. The number of carbonyl (C=O) groups is 1. The van der Waals surface area contributed by atoms with E-state index in [1.54, 1.807) is 19.5 Å². The van der Waals surface area contributed by atoms with Crippen molar-refractivity contribution in [1.29, 1.82) is 0 Å². The number of rotatable bonds is 6. The van der Waals surface area contributed by atoms with Gasteiger partial charge in [0, 0.05) is 39.5 Å². The molecular weight excluding hydrogens is 318 g/mol. The fraction of sp³-hybridized carbons (Fsp3) is 0.278. The number of amides is 1. The van der Waals surface area contributed by atoms with Gasteiger partial charge in [0.05, 0.1) is 11.4 Å². The highest BCUT2D eigenvalue weighted by Gasteiger charge is 2.29. The molecule has 1 aliphatic heterocycles. The van der Waals surface area contributed by atoms with E-state index >= 15 is 0 Å². The van der Waals surface area contributed by atoms with E-state index in [0.717, 1.165) is 23.0 Å². The van der Waals surface area contributed by atoms with Gasteiger partial charge in [-0.1, -0.05) is 24.3 Å². The fourth-order valence-electron chi connectivity index (χ4n) is 2.76. The molecule has 130 valence electrons. The number of benzene rings is 1. The zero-order valence-corrected chi connectivity index (χ0v) is 14.3. The standard InChI is InChI=1S/C18H21N5O2/c1-14(24)19-9-5-6-12-22-15-7-3-4-8-16(15)23(13-25-2)18-17(22)20-10-11-21-18/h3-8,10-11H,9,12-13H2,1-2H3,(H,19,24). The summed E-state index contributed by atoms with van der Waals surface area (Å²) in [5.41, 5.74) is 2.06. The van der Waals surface area contributed by atoms with Gasteiger partial charge < -0.3 is 15.0 Å². The summed E-state index contributed by atoms with van der Waals surface area (Å²) in [4.78, 5) is 24.1. The van der Waals surface area contributed by atoms with E-state index in [1.165, 1.54) is 6.92 Å². The molecule has 0 saturated carbocycles. The van der Waals surface area contributed by atoms with E-state index in [9.17, 15) is 4.79 Å². The minimum Gasteiger partial charge on any atom is -0.364 e. The summed E-state index contributed by atoms with van der Waals surface area (Å²) in [6.45, 7) is 3.04. The third-order valence-corrected chi connectivity index (χ3v) is 3.82. The first-order valence-corrected chi connectivity index (χ1v) is 8.06. The summed E-state index contributed by atoms with van der Waals surface area (Å²) in [5, 5.41) is 2.75. The van der Waals surface area contributed by atoms with Crippen molar-refractivity contribution in [2.75, 3.05) is 36.7 Å². The highest BCUT2D eigenvalue weighted by Crippen LogP contribution is 2.45. The number of methoxy groups -OCH3 is 1. The predicted molar refractivity (Wildman–Crippen MR) is 97.3 cm³/mol. The molecule has 0 unspecified atom stereocenters. The Bertz CT molecular complexity index is 730. The third kappa shape index (κ3) is 3.61. The number of fused-ring (bicyclic) bond motifs is 2. The van der Waals surface area contributed by atoms with Crippen molar-refractivity contribution in [1.82, 2.24) is 15.3 Å². The van der Waals surface area contributed by atoms with Crippen LogP contribution in [-0.2, 0) is 9.53 Å². The third-order valence-electron chi connectivity index (χ3n) is 3.82. The Morgan fingerprint density at radius 1 is 1.12 bits per heavy atom. The normalized spacial score (nSPS) is 12.9. The van der Waals surface area contributed by atoms with Gasteiger partial charge in [-0.25, -0.2) is 9.97 Å². The number of para-hydroxylation sites is 2. The predicted octanol–water partition coefficient (Wildman–Crippen LogP) is 2.36. The molecule has 1 aromatic carbocycles. The van der Waals surface area contributed by atoms with Gasteiger partial charge in [-0.3, -0.25) is 9.69 Å². The van der Waals surface area contributed by atoms with E-state index in [1.807, 2.05) is 35.3 Å². The van der Waals surface area contributed by atoms with Gasteiger partial charge >= 0.3 is 0 Å². The molecular formula is C18H21N5O2. The summed E-state index contributed by atoms with van der Waals surface area (Å²) >= 11 is 0. The number of ether oxygens (including phenoxy) is 1. The molecule has 3 rings (SSSR count). The highest BCUT2D eigenvalue weighted by atomic mass is 16.5. The molecule has 0 aliphatic carbocycles. The minimum absolute atomic E-state index is 0.0422. The Hall–Kier alpha value is -2.93. The molecule has 2 aromatic rings. The maximum Gasteiger partial charge on any atom is 0.217 e. The molecule has 7 nitrogen and oxygen atoms in total. The lowest BCUT2D eigenvalue weighted by Gasteiger charge is -2.37. The molecule has 1 amide bonds. The molecule has 2 heterocycles. The Kier molecular flexibility index (Phi) is 5.25. The molecule has 1 aliphatic rings. The topological polar surface area (TPSA) is 70.6 Å². The molecule has 0 saturated heterocycles. The number of carbonyl (C=O) groups excluding carboxylic acids is 1. The van der Waals surface area contributed by atoms with Gasteiger partial charge in [0.2, 0.25) is 5.91 Å². The van der Waals surface area contributed by atoms with E-state index in [4.69, 9.17) is 4.74 Å². The quantitative estimate of drug-likeness (QED) is 0.815. The van der Waals surface area contributed by atoms with Crippen LogP contribution in [0.3, 0.4) is 0 Å². The van der Waals surface area contributed by atoms with Crippen LogP contribution in [0.2, 0.25) is 0 Å². The maximum absolute atomic E-state index is 10.9. The molecule has 0 radical (unpaired) electrons. The fourth-order valence-corrected chi connectivity index (χ4v) is 2.76. The van der Waals surface area contributed by atoms with E-state index in [0.29, 0.717) is 19.8 Å². The molecule has 0 fully saturated rings. The first-order valence-electron chi connectivity index (χ1n) is 8.06. The van der Waals surface area contributed by atoms with Crippen LogP contribution in [0, 0.1) is 0 Å². The molecule has 0 atom stereocenters. The van der Waals surface area contributed by atoms with Crippen LogP contribution in [0.25, 0.3) is 0 Å². The summed E-state index contributed by atoms with van der Waals surface area (Å²) in [7, 11) is 1.66. The van der Waals surface area contributed by atoms with Crippen LogP contribution in [0.5, 0.6) is 0 Å². The smallest absolute Gasteiger partial charge is 0.217 e. The Morgan fingerprint density at radius 2 is 1.76 bits per heavy atom. The monoisotopic (exact) mass is 339 g/mol. The lowest BCUT2D eigenvalue weighted by molar-refractivity contribution is -0.118. The molecule has 0 bridgehead atoms. The summed E-state index contributed by atoms with van der Waals surface area (Å²) in [5.74, 6) is 1.50. The second-order valence-corrected chi connectivity index (χ2v) is 5.56. The largest absolute Gasteiger partial charge is 0.364 e. The van der Waals surface area contributed by atoms with Crippen molar-refractivity contribution in [3.05, 3.63) is 48.8 Å². The SMILES string of the molecule is COCN1c2ccccc2N(CC=CCNC(C)=O)c2nccnc21. The van der Waals surface area contributed by atoms with Gasteiger partial charge in [0.25, 0.3) is 0 Å². The maximum atomic E-state index is 10.9. The van der Waals surface area contributed by atoms with Gasteiger partial charge in [0.1, 0.15) is 6.73 Å². The zero-order valence-electron chi connectivity index (χ0n) is 14.3. The minimum atomic E-state index is -0.0422. The van der Waals surface area contributed by atoms with Gasteiger partial charge in [-0.15, -0.1) is 0 Å². The van der Waals surface area contributed by atoms with Gasteiger partial charge in [0.15, 0.2) is 11.6 Å². The van der Waals surface area contributed by atoms with Gasteiger partial charge in [-0.05, 0) is 12.1 Å². The van der Waals surface area contributed by atoms with Crippen LogP contribution in [0.4, 0.5) is 23.0 Å². The summed E-state index contributed by atoms with van der Waals surface area (Å²) < 4.78 is 5.35. The number of hydrogen-bond acceptors (Lipinski definition) is 6. The highest BCUT2D eigenvalue weighted by molar-refractivity contribution is 5.89. The van der Waals surface area contributed by atoms with E-state index in [-0.39, 0.29) is 5.91 Å². The Morgan fingerprint density at radius 3 is 2.40 bits per heavy atom. The average Bonchev–Trinajstić information content (AvgIpc) is 2.63. The lowest BCUT2D eigenvalue weighted by Crippen LogP contribution is -2.32. The van der Waals surface area contributed by atoms with Crippen LogP contribution in [0.15, 0.2) is 48.8 Å². The number of aromatic nitrogens is 2. The molecule has 1 aromatic heterocycles. The molecule has 0 spiro atoms. The average molecular weight is 339 g/mol. The van der Waals surface area contributed by atoms with Crippen LogP contribution < -0.4 is 15.1 Å². The Labute approximate surface area is 146 Å². The van der Waals surface area contributed by atoms with Crippen LogP contribution >= 0.6 is 0 Å². The number of nitrogens with one attached hydrogen (secondary N) is 1. The molecule has 7 heteroatoms. The van der Waals surface area contributed by atoms with Crippen molar-refractivity contribution in [2.45, 2.75) is 6.92 Å². The van der Waals surface area contributed by atoms with Gasteiger partial charge in [-0.2, -0.15) is 0 Å². The number of hydrogen-bond donors (Lipinski definition) is 1. The first kappa shape index (κ1) is 16.9. The van der Waals surface area contributed by atoms with E-state index in [2.05, 4.69) is 26.3 Å². The van der Waals surface area contributed by atoms with Crippen molar-refractivity contribution in [3.63, 3.8) is 0 Å². The van der Waals surface area contributed by atoms with Crippen LogP contribution in [0.1, 0.15) is 6.92 Å². The first-order chi connectivity index (χ1) is 12.2. The number of nitrogens with zero attached hydrogens (tertiary/aromatic N) is 4. The van der Waals surface area contributed by atoms with E-state index < -0.39 is 0 Å². The van der Waals surface area contributed by atoms with Crippen molar-refractivity contribution < 1.29 is 9.53 Å². The van der Waals surface area contributed by atoms with Crippen molar-refractivity contribution >= 4 is 28.9 Å². The van der Waals surface area contributed by atoms with Crippen LogP contribution in [-0.4, -0.2) is 42.8 Å². The zero-order chi connectivity index (χ0) is 17.6. The second-order valence-electron chi connectivity index (χ2n) is 5.56. The molecule has 25 heavy (non-hydrogen) atoms. The van der Waals surface area contributed by atoms with Crippen molar-refractivity contribution in [3.8, 4) is 0 Å². The summed E-state index contributed by atoms with van der Waals surface area (Å²) in [6.07, 6.45) is 7.31. The second kappa shape index (κ2) is 7.76. The molecule has 1 N–H and O–H groups in total. The summed E-state index contributed by atoms with van der Waals surface area (Å²) in [6, 6.07) is 8.09. The number of anilines is 4. The van der Waals surface area contributed by atoms with Crippen molar-refractivity contribution in [2.24, 2.45) is 0 Å². The Balaban J connectivity index is 1.91.